The van der Waals surface area contributed by atoms with E-state index in [0.717, 1.165) is 36.3 Å². The van der Waals surface area contributed by atoms with E-state index in [1.807, 2.05) is 41.8 Å². The van der Waals surface area contributed by atoms with Crippen LogP contribution in [-0.2, 0) is 17.6 Å². The van der Waals surface area contributed by atoms with Crippen molar-refractivity contribution in [1.82, 2.24) is 15.0 Å². The van der Waals surface area contributed by atoms with Crippen LogP contribution >= 0.6 is 0 Å². The van der Waals surface area contributed by atoms with Gasteiger partial charge in [0.1, 0.15) is 11.9 Å². The Bertz CT molecular complexity index is 648. The number of nitrogens with zero attached hydrogens (tertiary/aromatic N) is 2. The van der Waals surface area contributed by atoms with Gasteiger partial charge in [-0.15, -0.1) is 0 Å². The summed E-state index contributed by atoms with van der Waals surface area (Å²) in [6.07, 6.45) is 4.28. The lowest BCUT2D eigenvalue weighted by Crippen LogP contribution is -2.38. The number of rotatable bonds is 3. The Morgan fingerprint density at radius 2 is 2.00 bits per heavy atom. The van der Waals surface area contributed by atoms with Crippen LogP contribution < -0.4 is 11.3 Å². The molecule has 1 aliphatic carbocycles. The summed E-state index contributed by atoms with van der Waals surface area (Å²) < 4.78 is 2.05. The number of fused-ring (bicyclic) bond motifs is 1. The Morgan fingerprint density at radius 1 is 1.29 bits per heavy atom. The van der Waals surface area contributed by atoms with Crippen molar-refractivity contribution in [1.29, 1.82) is 0 Å². The van der Waals surface area contributed by atoms with E-state index in [0.29, 0.717) is 0 Å². The number of hydrazine groups is 1. The zero-order valence-corrected chi connectivity index (χ0v) is 12.2. The molecule has 3 rings (SSSR count). The molecule has 1 atom stereocenters. The number of hydrogen-bond donors (Lipinski definition) is 2. The summed E-state index contributed by atoms with van der Waals surface area (Å²) in [6, 6.07) is 9.27. The maximum atomic E-state index is 12.4. The molecule has 2 aromatic rings. The van der Waals surface area contributed by atoms with E-state index >= 15 is 0 Å². The van der Waals surface area contributed by atoms with E-state index in [1.54, 1.807) is 0 Å². The lowest BCUT2D eigenvalue weighted by atomic mass is 9.99. The fourth-order valence-corrected chi connectivity index (χ4v) is 3.17. The molecular weight excluding hydrogens is 264 g/mol. The molecule has 0 saturated heterocycles. The van der Waals surface area contributed by atoms with Gasteiger partial charge in [-0.25, -0.2) is 10.8 Å². The molecule has 3 N–H and O–H groups in total. The Labute approximate surface area is 124 Å². The van der Waals surface area contributed by atoms with E-state index in [-0.39, 0.29) is 5.91 Å². The van der Waals surface area contributed by atoms with Crippen LogP contribution in [0.3, 0.4) is 0 Å². The molecule has 1 amide bonds. The number of aryl methyl sites for hydroxylation is 2. The Kier molecular flexibility index (Phi) is 3.75. The van der Waals surface area contributed by atoms with E-state index in [2.05, 4.69) is 10.4 Å². The first-order chi connectivity index (χ1) is 10.2. The Hall–Kier alpha value is -2.14. The highest BCUT2D eigenvalue weighted by molar-refractivity contribution is 5.83. The van der Waals surface area contributed by atoms with Gasteiger partial charge in [0, 0.05) is 5.69 Å². The lowest BCUT2D eigenvalue weighted by Gasteiger charge is -2.23. The first-order valence-electron chi connectivity index (χ1n) is 7.34. The molecule has 1 aliphatic rings. The summed E-state index contributed by atoms with van der Waals surface area (Å²) in [5, 5.41) is 0. The van der Waals surface area contributed by atoms with Crippen molar-refractivity contribution >= 4 is 5.91 Å². The standard InChI is InChI=1S/C16H20N4O/c1-11-18-13-9-5-6-10-14(13)20(11)15(16(21)19-17)12-7-3-2-4-8-12/h2-4,7-8,15H,5-6,9-10,17H2,1H3,(H,19,21). The fraction of sp³-hybridized carbons (Fsp3) is 0.375. The molecule has 0 aliphatic heterocycles. The molecule has 110 valence electrons. The number of benzene rings is 1. The molecule has 0 fully saturated rings. The summed E-state index contributed by atoms with van der Waals surface area (Å²) in [5.41, 5.74) is 5.53. The minimum Gasteiger partial charge on any atom is -0.315 e. The minimum atomic E-state index is -0.453. The monoisotopic (exact) mass is 284 g/mol. The maximum Gasteiger partial charge on any atom is 0.261 e. The van der Waals surface area contributed by atoms with Crippen LogP contribution in [0.5, 0.6) is 0 Å². The van der Waals surface area contributed by atoms with Crippen molar-refractivity contribution in [3.63, 3.8) is 0 Å². The topological polar surface area (TPSA) is 72.9 Å². The van der Waals surface area contributed by atoms with Crippen molar-refractivity contribution in [2.45, 2.75) is 38.6 Å². The lowest BCUT2D eigenvalue weighted by molar-refractivity contribution is -0.123. The SMILES string of the molecule is Cc1nc2c(n1C(C(=O)NN)c1ccccc1)CCCC2. The van der Waals surface area contributed by atoms with Crippen LogP contribution in [0.1, 0.15) is 41.7 Å². The predicted molar refractivity (Wildman–Crippen MR) is 80.5 cm³/mol. The smallest absolute Gasteiger partial charge is 0.261 e. The largest absolute Gasteiger partial charge is 0.315 e. The summed E-state index contributed by atoms with van der Waals surface area (Å²) in [6.45, 7) is 1.96. The minimum absolute atomic E-state index is 0.213. The van der Waals surface area contributed by atoms with Gasteiger partial charge in [-0.1, -0.05) is 30.3 Å². The van der Waals surface area contributed by atoms with Crippen LogP contribution in [0.2, 0.25) is 0 Å². The second-order valence-electron chi connectivity index (χ2n) is 5.45. The van der Waals surface area contributed by atoms with Crippen molar-refractivity contribution in [3.8, 4) is 0 Å². The molecule has 1 aromatic heterocycles. The van der Waals surface area contributed by atoms with Crippen LogP contribution in [0.15, 0.2) is 30.3 Å². The number of hydrogen-bond acceptors (Lipinski definition) is 3. The number of amides is 1. The predicted octanol–water partition coefficient (Wildman–Crippen LogP) is 1.65. The van der Waals surface area contributed by atoms with Gasteiger partial charge >= 0.3 is 0 Å². The molecule has 5 nitrogen and oxygen atoms in total. The van der Waals surface area contributed by atoms with Gasteiger partial charge in [-0.05, 0) is 38.2 Å². The summed E-state index contributed by atoms with van der Waals surface area (Å²) in [4.78, 5) is 17.0. The maximum absolute atomic E-state index is 12.4. The molecule has 5 heteroatoms. The van der Waals surface area contributed by atoms with Gasteiger partial charge < -0.3 is 4.57 Å². The summed E-state index contributed by atoms with van der Waals surface area (Å²) >= 11 is 0. The third-order valence-corrected chi connectivity index (χ3v) is 4.11. The Morgan fingerprint density at radius 3 is 2.71 bits per heavy atom. The number of carbonyl (C=O) groups is 1. The Balaban J connectivity index is 2.13. The molecule has 0 radical (unpaired) electrons. The van der Waals surface area contributed by atoms with Gasteiger partial charge in [0.25, 0.3) is 5.91 Å². The van der Waals surface area contributed by atoms with Gasteiger partial charge in [-0.3, -0.25) is 10.2 Å². The molecule has 0 spiro atoms. The number of imidazole rings is 1. The molecule has 1 unspecified atom stereocenters. The highest BCUT2D eigenvalue weighted by atomic mass is 16.2. The number of nitrogens with one attached hydrogen (secondary N) is 1. The van der Waals surface area contributed by atoms with Gasteiger partial charge in [0.05, 0.1) is 5.69 Å². The number of carbonyl (C=O) groups excluding carboxylic acids is 1. The third kappa shape index (κ3) is 2.45. The van der Waals surface area contributed by atoms with Crippen LogP contribution in [0.25, 0.3) is 0 Å². The van der Waals surface area contributed by atoms with E-state index < -0.39 is 6.04 Å². The van der Waals surface area contributed by atoms with Crippen molar-refractivity contribution < 1.29 is 4.79 Å². The average molecular weight is 284 g/mol. The summed E-state index contributed by atoms with van der Waals surface area (Å²) in [5.74, 6) is 6.07. The first-order valence-corrected chi connectivity index (χ1v) is 7.34. The average Bonchev–Trinajstić information content (AvgIpc) is 2.85. The molecule has 1 aromatic carbocycles. The fourth-order valence-electron chi connectivity index (χ4n) is 3.17. The van der Waals surface area contributed by atoms with Crippen molar-refractivity contribution in [3.05, 3.63) is 53.1 Å². The zero-order valence-electron chi connectivity index (χ0n) is 12.2. The molecule has 0 bridgehead atoms. The normalized spacial score (nSPS) is 15.3. The second-order valence-corrected chi connectivity index (χ2v) is 5.45. The van der Waals surface area contributed by atoms with Crippen molar-refractivity contribution in [2.75, 3.05) is 0 Å². The number of nitrogens with two attached hydrogens (primary N) is 1. The molecule has 0 saturated carbocycles. The quantitative estimate of drug-likeness (QED) is 0.511. The number of aromatic nitrogens is 2. The van der Waals surface area contributed by atoms with E-state index in [9.17, 15) is 4.79 Å². The highest BCUT2D eigenvalue weighted by Crippen LogP contribution is 2.28. The highest BCUT2D eigenvalue weighted by Gasteiger charge is 2.28. The van der Waals surface area contributed by atoms with Gasteiger partial charge in [0.2, 0.25) is 0 Å². The summed E-state index contributed by atoms with van der Waals surface area (Å²) in [7, 11) is 0. The second kappa shape index (κ2) is 5.69. The van der Waals surface area contributed by atoms with Gasteiger partial charge in [-0.2, -0.15) is 0 Å². The van der Waals surface area contributed by atoms with Crippen molar-refractivity contribution in [2.24, 2.45) is 5.84 Å². The van der Waals surface area contributed by atoms with E-state index in [4.69, 9.17) is 5.84 Å². The molecule has 21 heavy (non-hydrogen) atoms. The molecule has 1 heterocycles. The van der Waals surface area contributed by atoms with Gasteiger partial charge in [0.15, 0.2) is 0 Å². The van der Waals surface area contributed by atoms with Crippen LogP contribution in [-0.4, -0.2) is 15.5 Å². The third-order valence-electron chi connectivity index (χ3n) is 4.11. The van der Waals surface area contributed by atoms with Crippen LogP contribution in [0.4, 0.5) is 0 Å². The van der Waals surface area contributed by atoms with Crippen LogP contribution in [0, 0.1) is 6.92 Å². The van der Waals surface area contributed by atoms with E-state index in [1.165, 1.54) is 12.1 Å². The molecular formula is C16H20N4O. The first kappa shape index (κ1) is 13.8. The zero-order chi connectivity index (χ0) is 14.8.